The van der Waals surface area contributed by atoms with Gasteiger partial charge >= 0.3 is 5.97 Å². The standard InChI is InChI=1S/C15H14ClNO2/c1-3-10-5-4-6-11(7-10)12-8-13(16)14(17-9-12)15(18)19-2/h4-9H,3H2,1-2H3. The summed E-state index contributed by atoms with van der Waals surface area (Å²) in [6.07, 6.45) is 2.60. The lowest BCUT2D eigenvalue weighted by Gasteiger charge is -2.06. The molecule has 0 atom stereocenters. The predicted octanol–water partition coefficient (Wildman–Crippen LogP) is 3.75. The van der Waals surface area contributed by atoms with E-state index in [9.17, 15) is 4.79 Å². The van der Waals surface area contributed by atoms with E-state index < -0.39 is 5.97 Å². The number of pyridine rings is 1. The number of carbonyl (C=O) groups is 1. The Bertz CT molecular complexity index is 611. The van der Waals surface area contributed by atoms with Crippen LogP contribution in [-0.2, 0) is 11.2 Å². The molecule has 0 N–H and O–H groups in total. The Morgan fingerprint density at radius 3 is 2.74 bits per heavy atom. The largest absolute Gasteiger partial charge is 0.464 e. The molecule has 0 aliphatic carbocycles. The summed E-state index contributed by atoms with van der Waals surface area (Å²) in [6, 6.07) is 9.88. The van der Waals surface area contributed by atoms with E-state index in [0.29, 0.717) is 5.02 Å². The number of hydrogen-bond acceptors (Lipinski definition) is 3. The summed E-state index contributed by atoms with van der Waals surface area (Å²) in [5, 5.41) is 0.297. The molecule has 3 nitrogen and oxygen atoms in total. The van der Waals surface area contributed by atoms with Crippen LogP contribution in [0.15, 0.2) is 36.5 Å². The van der Waals surface area contributed by atoms with Gasteiger partial charge in [0, 0.05) is 11.8 Å². The summed E-state index contributed by atoms with van der Waals surface area (Å²) in [7, 11) is 1.30. The first-order valence-corrected chi connectivity index (χ1v) is 6.36. The maximum absolute atomic E-state index is 11.4. The van der Waals surface area contributed by atoms with Crippen LogP contribution in [0.25, 0.3) is 11.1 Å². The van der Waals surface area contributed by atoms with Crippen molar-refractivity contribution < 1.29 is 9.53 Å². The van der Waals surface area contributed by atoms with Gasteiger partial charge in [-0.05, 0) is 23.6 Å². The van der Waals surface area contributed by atoms with Crippen molar-refractivity contribution >= 4 is 17.6 Å². The SMILES string of the molecule is CCc1cccc(-c2cnc(C(=O)OC)c(Cl)c2)c1. The topological polar surface area (TPSA) is 39.2 Å². The summed E-state index contributed by atoms with van der Waals surface area (Å²) in [5.41, 5.74) is 3.29. The van der Waals surface area contributed by atoms with Gasteiger partial charge in [-0.15, -0.1) is 0 Å². The average Bonchev–Trinajstić information content (AvgIpc) is 2.46. The summed E-state index contributed by atoms with van der Waals surface area (Å²) in [6.45, 7) is 2.10. The van der Waals surface area contributed by atoms with Gasteiger partial charge in [-0.2, -0.15) is 0 Å². The number of rotatable bonds is 3. The second-order valence-electron chi connectivity index (χ2n) is 4.10. The van der Waals surface area contributed by atoms with Gasteiger partial charge in [0.15, 0.2) is 5.69 Å². The van der Waals surface area contributed by atoms with Gasteiger partial charge in [-0.1, -0.05) is 42.8 Å². The Morgan fingerprint density at radius 1 is 1.32 bits per heavy atom. The number of halogens is 1. The Labute approximate surface area is 117 Å². The van der Waals surface area contributed by atoms with Gasteiger partial charge in [-0.3, -0.25) is 0 Å². The third kappa shape index (κ3) is 2.93. The molecule has 0 fully saturated rings. The number of nitrogens with zero attached hydrogens (tertiary/aromatic N) is 1. The minimum Gasteiger partial charge on any atom is -0.464 e. The van der Waals surface area contributed by atoms with Crippen molar-refractivity contribution in [2.24, 2.45) is 0 Å². The molecule has 2 aromatic rings. The van der Waals surface area contributed by atoms with Crippen molar-refractivity contribution in [3.05, 3.63) is 52.8 Å². The number of hydrogen-bond donors (Lipinski definition) is 0. The number of methoxy groups -OCH3 is 1. The quantitative estimate of drug-likeness (QED) is 0.801. The smallest absolute Gasteiger partial charge is 0.358 e. The molecule has 2 rings (SSSR count). The zero-order valence-corrected chi connectivity index (χ0v) is 11.6. The van der Waals surface area contributed by atoms with Gasteiger partial charge in [-0.25, -0.2) is 9.78 Å². The van der Waals surface area contributed by atoms with Crippen LogP contribution < -0.4 is 0 Å². The predicted molar refractivity (Wildman–Crippen MR) is 75.4 cm³/mol. The number of esters is 1. The van der Waals surface area contributed by atoms with Crippen LogP contribution >= 0.6 is 11.6 Å². The Morgan fingerprint density at radius 2 is 2.11 bits per heavy atom. The number of benzene rings is 1. The lowest BCUT2D eigenvalue weighted by Crippen LogP contribution is -2.05. The van der Waals surface area contributed by atoms with Crippen molar-refractivity contribution in [2.45, 2.75) is 13.3 Å². The normalized spacial score (nSPS) is 10.3. The molecule has 0 radical (unpaired) electrons. The Hall–Kier alpha value is -1.87. The number of ether oxygens (including phenoxy) is 1. The zero-order valence-electron chi connectivity index (χ0n) is 10.8. The zero-order chi connectivity index (χ0) is 13.8. The van der Waals surface area contributed by atoms with E-state index in [0.717, 1.165) is 17.5 Å². The number of carbonyl (C=O) groups excluding carboxylic acids is 1. The minimum atomic E-state index is -0.529. The second-order valence-corrected chi connectivity index (χ2v) is 4.51. The summed E-state index contributed by atoms with van der Waals surface area (Å²) in [4.78, 5) is 15.5. The molecule has 0 bridgehead atoms. The molecule has 0 saturated heterocycles. The highest BCUT2D eigenvalue weighted by Gasteiger charge is 2.13. The van der Waals surface area contributed by atoms with Crippen LogP contribution in [0, 0.1) is 0 Å². The van der Waals surface area contributed by atoms with Crippen LogP contribution in [0.1, 0.15) is 23.0 Å². The van der Waals surface area contributed by atoms with E-state index in [1.807, 2.05) is 12.1 Å². The number of aryl methyl sites for hydroxylation is 1. The molecular weight excluding hydrogens is 262 g/mol. The molecule has 0 amide bonds. The summed E-state index contributed by atoms with van der Waals surface area (Å²) < 4.78 is 4.61. The number of aromatic nitrogens is 1. The van der Waals surface area contributed by atoms with Crippen molar-refractivity contribution in [3.8, 4) is 11.1 Å². The first kappa shape index (κ1) is 13.6. The van der Waals surface area contributed by atoms with Gasteiger partial charge in [0.05, 0.1) is 12.1 Å². The third-order valence-electron chi connectivity index (χ3n) is 2.89. The molecule has 0 unspecified atom stereocenters. The van der Waals surface area contributed by atoms with E-state index in [-0.39, 0.29) is 5.69 Å². The van der Waals surface area contributed by atoms with Crippen molar-refractivity contribution in [1.29, 1.82) is 0 Å². The van der Waals surface area contributed by atoms with Gasteiger partial charge in [0.25, 0.3) is 0 Å². The van der Waals surface area contributed by atoms with Crippen LogP contribution in [0.2, 0.25) is 5.02 Å². The minimum absolute atomic E-state index is 0.138. The van der Waals surface area contributed by atoms with Crippen LogP contribution in [0.5, 0.6) is 0 Å². The molecule has 0 aliphatic rings. The van der Waals surface area contributed by atoms with E-state index in [2.05, 4.69) is 28.8 Å². The molecule has 1 aromatic carbocycles. The fraction of sp³-hybridized carbons (Fsp3) is 0.200. The first-order valence-electron chi connectivity index (χ1n) is 5.99. The highest BCUT2D eigenvalue weighted by Crippen LogP contribution is 2.25. The van der Waals surface area contributed by atoms with Crippen LogP contribution in [0.3, 0.4) is 0 Å². The third-order valence-corrected chi connectivity index (χ3v) is 3.18. The molecule has 0 saturated carbocycles. The lowest BCUT2D eigenvalue weighted by molar-refractivity contribution is 0.0594. The molecule has 0 spiro atoms. The molecule has 4 heteroatoms. The molecule has 0 aliphatic heterocycles. The van der Waals surface area contributed by atoms with E-state index >= 15 is 0 Å². The molecule has 1 aromatic heterocycles. The van der Waals surface area contributed by atoms with Crippen molar-refractivity contribution in [3.63, 3.8) is 0 Å². The second kappa shape index (κ2) is 5.85. The molecular formula is C15H14ClNO2. The maximum Gasteiger partial charge on any atom is 0.358 e. The highest BCUT2D eigenvalue weighted by molar-refractivity contribution is 6.33. The van der Waals surface area contributed by atoms with Crippen molar-refractivity contribution in [2.75, 3.05) is 7.11 Å². The molecule has 19 heavy (non-hydrogen) atoms. The van der Waals surface area contributed by atoms with Gasteiger partial charge < -0.3 is 4.74 Å². The fourth-order valence-corrected chi connectivity index (χ4v) is 2.06. The molecule has 98 valence electrons. The van der Waals surface area contributed by atoms with E-state index in [4.69, 9.17) is 11.6 Å². The van der Waals surface area contributed by atoms with Crippen LogP contribution in [-0.4, -0.2) is 18.1 Å². The summed E-state index contributed by atoms with van der Waals surface area (Å²) >= 11 is 6.06. The fourth-order valence-electron chi connectivity index (χ4n) is 1.81. The molecule has 1 heterocycles. The maximum atomic E-state index is 11.4. The van der Waals surface area contributed by atoms with Crippen LogP contribution in [0.4, 0.5) is 0 Å². The summed E-state index contributed by atoms with van der Waals surface area (Å²) in [5.74, 6) is -0.529. The van der Waals surface area contributed by atoms with Gasteiger partial charge in [0.2, 0.25) is 0 Å². The lowest BCUT2D eigenvalue weighted by atomic mass is 10.0. The highest BCUT2D eigenvalue weighted by atomic mass is 35.5. The first-order chi connectivity index (χ1) is 9.15. The van der Waals surface area contributed by atoms with E-state index in [1.54, 1.807) is 12.3 Å². The Balaban J connectivity index is 2.41. The van der Waals surface area contributed by atoms with E-state index in [1.165, 1.54) is 12.7 Å². The average molecular weight is 276 g/mol. The monoisotopic (exact) mass is 275 g/mol. The van der Waals surface area contributed by atoms with Gasteiger partial charge in [0.1, 0.15) is 0 Å². The Kier molecular flexibility index (Phi) is 4.17. The van der Waals surface area contributed by atoms with Crippen molar-refractivity contribution in [1.82, 2.24) is 4.98 Å².